The molecule has 0 radical (unpaired) electrons. The third-order valence-electron chi connectivity index (χ3n) is 2.26. The van der Waals surface area contributed by atoms with Crippen LogP contribution in [0.3, 0.4) is 0 Å². The fourth-order valence-electron chi connectivity index (χ4n) is 1.35. The molecule has 1 heterocycles. The van der Waals surface area contributed by atoms with Gasteiger partial charge in [0.15, 0.2) is 0 Å². The fourth-order valence-corrected chi connectivity index (χ4v) is 1.35. The topological polar surface area (TPSA) is 31.4 Å². The summed E-state index contributed by atoms with van der Waals surface area (Å²) in [7, 11) is 0. The Labute approximate surface area is 96.8 Å². The van der Waals surface area contributed by atoms with Gasteiger partial charge in [-0.15, -0.1) is 0 Å². The maximum absolute atomic E-state index is 5.79. The molecule has 2 rings (SSSR count). The van der Waals surface area contributed by atoms with Crippen molar-refractivity contribution in [1.82, 2.24) is 4.98 Å². The molecule has 1 aliphatic rings. The zero-order valence-electron chi connectivity index (χ0n) is 10.4. The van der Waals surface area contributed by atoms with Gasteiger partial charge in [-0.05, 0) is 40.5 Å². The minimum absolute atomic E-state index is 0.223. The van der Waals surface area contributed by atoms with Crippen LogP contribution >= 0.6 is 0 Å². The van der Waals surface area contributed by atoms with Crippen molar-refractivity contribution in [3.8, 4) is 11.6 Å². The van der Waals surface area contributed by atoms with Crippen LogP contribution in [-0.4, -0.2) is 16.7 Å². The SMILES string of the molecule is Cc1cnc(OC(C)(C)C)cc1OC1CC1. The number of hydrogen-bond donors (Lipinski definition) is 0. The molecule has 1 fully saturated rings. The number of pyridine rings is 1. The van der Waals surface area contributed by atoms with Gasteiger partial charge in [0.1, 0.15) is 11.4 Å². The van der Waals surface area contributed by atoms with E-state index in [9.17, 15) is 0 Å². The first-order chi connectivity index (χ1) is 7.44. The Morgan fingerprint density at radius 3 is 2.56 bits per heavy atom. The van der Waals surface area contributed by atoms with E-state index in [0.29, 0.717) is 12.0 Å². The summed E-state index contributed by atoms with van der Waals surface area (Å²) in [6.07, 6.45) is 4.54. The average Bonchev–Trinajstić information content (AvgIpc) is 2.92. The first-order valence-corrected chi connectivity index (χ1v) is 5.76. The van der Waals surface area contributed by atoms with E-state index < -0.39 is 0 Å². The van der Waals surface area contributed by atoms with E-state index in [-0.39, 0.29) is 5.60 Å². The summed E-state index contributed by atoms with van der Waals surface area (Å²) >= 11 is 0. The van der Waals surface area contributed by atoms with Crippen molar-refractivity contribution in [2.45, 2.75) is 52.2 Å². The number of rotatable bonds is 3. The summed E-state index contributed by atoms with van der Waals surface area (Å²) in [4.78, 5) is 4.25. The van der Waals surface area contributed by atoms with Gasteiger partial charge < -0.3 is 9.47 Å². The smallest absolute Gasteiger partial charge is 0.217 e. The molecular weight excluding hydrogens is 202 g/mol. The Balaban J connectivity index is 2.14. The molecule has 0 unspecified atom stereocenters. The summed E-state index contributed by atoms with van der Waals surface area (Å²) < 4.78 is 11.5. The van der Waals surface area contributed by atoms with Crippen LogP contribution < -0.4 is 9.47 Å². The molecule has 0 atom stereocenters. The third kappa shape index (κ3) is 3.12. The number of ether oxygens (including phenoxy) is 2. The molecule has 0 aliphatic heterocycles. The van der Waals surface area contributed by atoms with Crippen LogP contribution in [0.2, 0.25) is 0 Å². The third-order valence-corrected chi connectivity index (χ3v) is 2.26. The van der Waals surface area contributed by atoms with Gasteiger partial charge in [0, 0.05) is 17.8 Å². The number of aryl methyl sites for hydroxylation is 1. The molecule has 0 N–H and O–H groups in total. The van der Waals surface area contributed by atoms with Gasteiger partial charge in [-0.3, -0.25) is 0 Å². The van der Waals surface area contributed by atoms with E-state index in [1.165, 1.54) is 0 Å². The highest BCUT2D eigenvalue weighted by molar-refractivity contribution is 5.35. The molecule has 3 nitrogen and oxygen atoms in total. The number of hydrogen-bond acceptors (Lipinski definition) is 3. The van der Waals surface area contributed by atoms with Crippen molar-refractivity contribution >= 4 is 0 Å². The Kier molecular flexibility index (Phi) is 2.78. The van der Waals surface area contributed by atoms with E-state index in [1.54, 1.807) is 6.20 Å². The highest BCUT2D eigenvalue weighted by Gasteiger charge is 2.24. The van der Waals surface area contributed by atoms with Crippen LogP contribution in [0.25, 0.3) is 0 Å². The van der Waals surface area contributed by atoms with Crippen molar-refractivity contribution in [1.29, 1.82) is 0 Å². The van der Waals surface area contributed by atoms with Gasteiger partial charge >= 0.3 is 0 Å². The summed E-state index contributed by atoms with van der Waals surface area (Å²) in [5.74, 6) is 1.53. The molecule has 0 bridgehead atoms. The lowest BCUT2D eigenvalue weighted by molar-refractivity contribution is 0.123. The zero-order valence-corrected chi connectivity index (χ0v) is 10.4. The molecule has 1 aliphatic carbocycles. The highest BCUT2D eigenvalue weighted by Crippen LogP contribution is 2.31. The maximum atomic E-state index is 5.79. The minimum Gasteiger partial charge on any atom is -0.490 e. The summed E-state index contributed by atoms with van der Waals surface area (Å²) in [5, 5.41) is 0. The molecule has 0 saturated heterocycles. The van der Waals surface area contributed by atoms with Gasteiger partial charge in [0.05, 0.1) is 6.10 Å². The largest absolute Gasteiger partial charge is 0.490 e. The molecule has 0 amide bonds. The molecule has 0 aromatic carbocycles. The molecule has 16 heavy (non-hydrogen) atoms. The predicted octanol–water partition coefficient (Wildman–Crippen LogP) is 3.11. The Bertz CT molecular complexity index is 378. The van der Waals surface area contributed by atoms with Gasteiger partial charge in [0.2, 0.25) is 5.88 Å². The van der Waals surface area contributed by atoms with Crippen molar-refractivity contribution in [2.24, 2.45) is 0 Å². The van der Waals surface area contributed by atoms with E-state index in [1.807, 2.05) is 33.8 Å². The van der Waals surface area contributed by atoms with Gasteiger partial charge in [-0.1, -0.05) is 0 Å². The lowest BCUT2D eigenvalue weighted by Gasteiger charge is -2.21. The molecule has 3 heteroatoms. The van der Waals surface area contributed by atoms with E-state index in [2.05, 4.69) is 4.98 Å². The fraction of sp³-hybridized carbons (Fsp3) is 0.615. The van der Waals surface area contributed by atoms with Gasteiger partial charge in [0.25, 0.3) is 0 Å². The van der Waals surface area contributed by atoms with Crippen LogP contribution in [0.15, 0.2) is 12.3 Å². The van der Waals surface area contributed by atoms with Crippen LogP contribution in [0.4, 0.5) is 0 Å². The first-order valence-electron chi connectivity index (χ1n) is 5.76. The van der Waals surface area contributed by atoms with E-state index >= 15 is 0 Å². The molecule has 1 aromatic heterocycles. The van der Waals surface area contributed by atoms with Crippen LogP contribution in [0, 0.1) is 6.92 Å². The van der Waals surface area contributed by atoms with Crippen LogP contribution in [0.5, 0.6) is 11.6 Å². The second-order valence-corrected chi connectivity index (χ2v) is 5.32. The Morgan fingerprint density at radius 1 is 1.31 bits per heavy atom. The van der Waals surface area contributed by atoms with Gasteiger partial charge in [-0.25, -0.2) is 4.98 Å². The predicted molar refractivity (Wildman–Crippen MR) is 63.0 cm³/mol. The summed E-state index contributed by atoms with van der Waals surface area (Å²) in [6, 6.07) is 1.89. The van der Waals surface area contributed by atoms with Crippen molar-refractivity contribution in [3.63, 3.8) is 0 Å². The molecular formula is C13H19NO2. The molecule has 1 saturated carbocycles. The zero-order chi connectivity index (χ0) is 11.8. The summed E-state index contributed by atoms with van der Waals surface area (Å²) in [6.45, 7) is 8.04. The second-order valence-electron chi connectivity index (χ2n) is 5.32. The number of nitrogens with zero attached hydrogens (tertiary/aromatic N) is 1. The van der Waals surface area contributed by atoms with Gasteiger partial charge in [-0.2, -0.15) is 0 Å². The number of aromatic nitrogens is 1. The Hall–Kier alpha value is -1.25. The lowest BCUT2D eigenvalue weighted by atomic mass is 10.2. The molecule has 0 spiro atoms. The van der Waals surface area contributed by atoms with Crippen molar-refractivity contribution in [2.75, 3.05) is 0 Å². The maximum Gasteiger partial charge on any atom is 0.217 e. The van der Waals surface area contributed by atoms with Crippen molar-refractivity contribution in [3.05, 3.63) is 17.8 Å². The lowest BCUT2D eigenvalue weighted by Crippen LogP contribution is -2.23. The highest BCUT2D eigenvalue weighted by atomic mass is 16.5. The van der Waals surface area contributed by atoms with Crippen molar-refractivity contribution < 1.29 is 9.47 Å². The minimum atomic E-state index is -0.223. The molecule has 88 valence electrons. The van der Waals surface area contributed by atoms with Crippen LogP contribution in [-0.2, 0) is 0 Å². The van der Waals surface area contributed by atoms with E-state index in [4.69, 9.17) is 9.47 Å². The molecule has 1 aromatic rings. The quantitative estimate of drug-likeness (QED) is 0.786. The standard InChI is InChI=1S/C13H19NO2/c1-9-8-14-12(16-13(2,3)4)7-11(9)15-10-5-6-10/h7-8,10H,5-6H2,1-4H3. The first kappa shape index (κ1) is 11.2. The Morgan fingerprint density at radius 2 is 2.00 bits per heavy atom. The average molecular weight is 221 g/mol. The normalized spacial score (nSPS) is 16.0. The monoisotopic (exact) mass is 221 g/mol. The van der Waals surface area contributed by atoms with E-state index in [0.717, 1.165) is 24.2 Å². The second kappa shape index (κ2) is 3.96. The summed E-state index contributed by atoms with van der Waals surface area (Å²) in [5.41, 5.74) is 0.840. The van der Waals surface area contributed by atoms with Crippen LogP contribution in [0.1, 0.15) is 39.2 Å².